The molecule has 1 aliphatic carbocycles. The molecule has 0 aliphatic heterocycles. The molecule has 2 N–H and O–H groups in total. The van der Waals surface area contributed by atoms with E-state index in [2.05, 4.69) is 22.3 Å². The average Bonchev–Trinajstić information content (AvgIpc) is 3.25. The van der Waals surface area contributed by atoms with Gasteiger partial charge in [0.05, 0.1) is 4.88 Å². The number of thiophene rings is 2. The maximum Gasteiger partial charge on any atom is 0.412 e. The van der Waals surface area contributed by atoms with E-state index >= 15 is 0 Å². The first-order chi connectivity index (χ1) is 16.4. The van der Waals surface area contributed by atoms with Crippen molar-refractivity contribution in [3.63, 3.8) is 0 Å². The average molecular weight is 513 g/mol. The van der Waals surface area contributed by atoms with Crippen molar-refractivity contribution in [2.45, 2.75) is 31.8 Å². The van der Waals surface area contributed by atoms with Crippen LogP contribution in [-0.4, -0.2) is 22.3 Å². The number of fused-ring (bicyclic) bond motifs is 1. The minimum Gasteiger partial charge on any atom is -0.481 e. The van der Waals surface area contributed by atoms with Gasteiger partial charge >= 0.3 is 12.1 Å². The molecule has 3 heterocycles. The minimum absolute atomic E-state index is 0.0218. The molecule has 0 radical (unpaired) electrons. The fraction of sp³-hybridized carbons (Fsp3) is 0.208. The van der Waals surface area contributed by atoms with Gasteiger partial charge < -0.3 is 14.4 Å². The third-order valence-electron chi connectivity index (χ3n) is 5.54. The smallest absolute Gasteiger partial charge is 0.412 e. The Morgan fingerprint density at radius 3 is 2.71 bits per heavy atom. The molecule has 1 aliphatic rings. The SMILES string of the molecule is Cc1noc(C#Cc2cc3sc(C4(C(=O)O)CC4)cc3s2)c1NC(=O)OCc1ccccc1Cl. The van der Waals surface area contributed by atoms with Crippen LogP contribution >= 0.6 is 34.3 Å². The second-order valence-corrected chi connectivity index (χ2v) is 10.4. The van der Waals surface area contributed by atoms with E-state index in [9.17, 15) is 14.7 Å². The Morgan fingerprint density at radius 1 is 1.24 bits per heavy atom. The molecule has 3 aromatic heterocycles. The molecule has 1 amide bonds. The molecule has 0 atom stereocenters. The lowest BCUT2D eigenvalue weighted by molar-refractivity contribution is -0.139. The lowest BCUT2D eigenvalue weighted by Gasteiger charge is -2.07. The summed E-state index contributed by atoms with van der Waals surface area (Å²) in [6.07, 6.45) is 0.694. The van der Waals surface area contributed by atoms with Gasteiger partial charge in [0.2, 0.25) is 5.76 Å². The lowest BCUT2D eigenvalue weighted by Crippen LogP contribution is -2.17. The number of nitrogens with one attached hydrogen (secondary N) is 1. The van der Waals surface area contributed by atoms with Crippen molar-refractivity contribution in [1.29, 1.82) is 0 Å². The summed E-state index contributed by atoms with van der Waals surface area (Å²) in [5, 5.41) is 16.5. The molecule has 5 rings (SSSR count). The van der Waals surface area contributed by atoms with E-state index in [1.807, 2.05) is 18.2 Å². The monoisotopic (exact) mass is 512 g/mol. The Hall–Kier alpha value is -3.32. The molecule has 1 fully saturated rings. The molecular formula is C24H17ClN2O5S2. The second-order valence-electron chi connectivity index (χ2n) is 7.85. The van der Waals surface area contributed by atoms with E-state index in [0.717, 1.165) is 19.2 Å². The summed E-state index contributed by atoms with van der Waals surface area (Å²) < 4.78 is 12.5. The minimum atomic E-state index is -0.757. The first kappa shape index (κ1) is 22.5. The van der Waals surface area contributed by atoms with Crippen LogP contribution in [0.3, 0.4) is 0 Å². The second kappa shape index (κ2) is 8.80. The number of aliphatic carboxylic acids is 1. The number of halogens is 1. The van der Waals surface area contributed by atoms with Gasteiger partial charge in [-0.2, -0.15) is 0 Å². The van der Waals surface area contributed by atoms with Crippen LogP contribution in [0, 0.1) is 18.8 Å². The molecule has 34 heavy (non-hydrogen) atoms. The van der Waals surface area contributed by atoms with Gasteiger partial charge in [0, 0.05) is 24.9 Å². The zero-order chi connectivity index (χ0) is 23.9. The van der Waals surface area contributed by atoms with Crippen molar-refractivity contribution >= 4 is 61.4 Å². The molecule has 0 bridgehead atoms. The number of carbonyl (C=O) groups excluding carboxylic acids is 1. The molecule has 172 valence electrons. The number of ether oxygens (including phenoxy) is 1. The number of carboxylic acid groups (broad SMARTS) is 1. The molecule has 0 saturated heterocycles. The predicted octanol–water partition coefficient (Wildman–Crippen LogP) is 6.18. The number of carbonyl (C=O) groups is 2. The lowest BCUT2D eigenvalue weighted by atomic mass is 10.1. The molecule has 7 nitrogen and oxygen atoms in total. The third-order valence-corrected chi connectivity index (χ3v) is 8.33. The van der Waals surface area contributed by atoms with Gasteiger partial charge in [-0.05, 0) is 49.8 Å². The number of nitrogens with zero attached hydrogens (tertiary/aromatic N) is 1. The summed E-state index contributed by atoms with van der Waals surface area (Å²) in [5.74, 6) is 5.41. The maximum absolute atomic E-state index is 12.3. The Balaban J connectivity index is 1.29. The van der Waals surface area contributed by atoms with E-state index in [0.29, 0.717) is 34.8 Å². The van der Waals surface area contributed by atoms with Gasteiger partial charge in [0.15, 0.2) is 0 Å². The molecule has 0 unspecified atom stereocenters. The highest BCUT2D eigenvalue weighted by Crippen LogP contribution is 2.52. The van der Waals surface area contributed by atoms with Crippen LogP contribution in [0.4, 0.5) is 10.5 Å². The number of benzene rings is 1. The maximum atomic E-state index is 12.3. The summed E-state index contributed by atoms with van der Waals surface area (Å²) in [5.41, 5.74) is 0.806. The normalized spacial score (nSPS) is 13.8. The van der Waals surface area contributed by atoms with Gasteiger partial charge in [-0.15, -0.1) is 22.7 Å². The van der Waals surface area contributed by atoms with Crippen molar-refractivity contribution in [2.75, 3.05) is 5.32 Å². The molecule has 1 saturated carbocycles. The highest BCUT2D eigenvalue weighted by molar-refractivity contribution is 7.28. The zero-order valence-electron chi connectivity index (χ0n) is 17.8. The highest BCUT2D eigenvalue weighted by atomic mass is 35.5. The van der Waals surface area contributed by atoms with Gasteiger partial charge in [0.25, 0.3) is 0 Å². The first-order valence-electron chi connectivity index (χ1n) is 10.3. The largest absolute Gasteiger partial charge is 0.481 e. The van der Waals surface area contributed by atoms with Crippen LogP contribution < -0.4 is 5.32 Å². The van der Waals surface area contributed by atoms with E-state index in [-0.39, 0.29) is 12.4 Å². The van der Waals surface area contributed by atoms with Gasteiger partial charge in [-0.1, -0.05) is 35.0 Å². The van der Waals surface area contributed by atoms with Crippen molar-refractivity contribution < 1.29 is 24.0 Å². The summed E-state index contributed by atoms with van der Waals surface area (Å²) in [4.78, 5) is 25.6. The predicted molar refractivity (Wildman–Crippen MR) is 131 cm³/mol. The van der Waals surface area contributed by atoms with Crippen molar-refractivity contribution in [3.05, 3.63) is 68.2 Å². The van der Waals surface area contributed by atoms with Crippen LogP contribution in [0.5, 0.6) is 0 Å². The molecular weight excluding hydrogens is 496 g/mol. The number of carboxylic acids is 1. The van der Waals surface area contributed by atoms with Crippen molar-refractivity contribution in [1.82, 2.24) is 5.16 Å². The van der Waals surface area contributed by atoms with Crippen LogP contribution in [0.15, 0.2) is 40.9 Å². The van der Waals surface area contributed by atoms with Crippen LogP contribution in [0.25, 0.3) is 9.40 Å². The number of amides is 1. The number of anilines is 1. The van der Waals surface area contributed by atoms with Crippen LogP contribution in [-0.2, 0) is 21.6 Å². The first-order valence-corrected chi connectivity index (χ1v) is 12.3. The fourth-order valence-corrected chi connectivity index (χ4v) is 6.12. The Labute approximate surface area is 207 Å². The number of hydrogen-bond donors (Lipinski definition) is 2. The van der Waals surface area contributed by atoms with Crippen molar-refractivity contribution in [2.24, 2.45) is 0 Å². The Kier molecular flexibility index (Phi) is 5.81. The summed E-state index contributed by atoms with van der Waals surface area (Å²) in [6.45, 7) is 1.71. The number of aromatic nitrogens is 1. The molecule has 1 aromatic carbocycles. The molecule has 4 aromatic rings. The van der Waals surface area contributed by atoms with E-state index in [4.69, 9.17) is 20.9 Å². The Bertz CT molecular complexity index is 1450. The summed E-state index contributed by atoms with van der Waals surface area (Å²) in [7, 11) is 0. The van der Waals surface area contributed by atoms with Gasteiger partial charge in [-0.3, -0.25) is 10.1 Å². The summed E-state index contributed by atoms with van der Waals surface area (Å²) >= 11 is 9.07. The van der Waals surface area contributed by atoms with Crippen molar-refractivity contribution in [3.8, 4) is 11.8 Å². The van der Waals surface area contributed by atoms with E-state index in [1.54, 1.807) is 25.1 Å². The Morgan fingerprint density at radius 2 is 2.00 bits per heavy atom. The topological polar surface area (TPSA) is 102 Å². The summed E-state index contributed by atoms with van der Waals surface area (Å²) in [6, 6.07) is 11.0. The number of hydrogen-bond acceptors (Lipinski definition) is 7. The van der Waals surface area contributed by atoms with E-state index in [1.165, 1.54) is 22.7 Å². The van der Waals surface area contributed by atoms with Crippen LogP contribution in [0.1, 0.15) is 39.6 Å². The standard InChI is InChI=1S/C24H17ClN2O5S2/c1-13-21(26-23(30)31-12-14-4-2-3-5-16(14)25)17(32-27-13)7-6-15-10-18-19(33-15)11-20(34-18)24(8-9-24)22(28)29/h2-5,10-11H,8-9,12H2,1H3,(H,26,30)(H,28,29). The quantitative estimate of drug-likeness (QED) is 0.310. The van der Waals surface area contributed by atoms with Crippen LogP contribution in [0.2, 0.25) is 5.02 Å². The number of rotatable bonds is 5. The van der Waals surface area contributed by atoms with Gasteiger partial charge in [-0.25, -0.2) is 4.79 Å². The number of aryl methyl sites for hydroxylation is 1. The van der Waals surface area contributed by atoms with Gasteiger partial charge in [0.1, 0.15) is 23.4 Å². The fourth-order valence-electron chi connectivity index (χ4n) is 3.44. The zero-order valence-corrected chi connectivity index (χ0v) is 20.2. The molecule has 0 spiro atoms. The molecule has 10 heteroatoms. The highest BCUT2D eigenvalue weighted by Gasteiger charge is 2.53. The van der Waals surface area contributed by atoms with E-state index < -0.39 is 17.5 Å². The third kappa shape index (κ3) is 4.28.